The van der Waals surface area contributed by atoms with Crippen LogP contribution < -0.4 is 5.32 Å². The number of aliphatic imine (C=N–C) groups is 1. The number of hydrogen-bond donors (Lipinski definition) is 2. The number of nitrogens with one attached hydrogen (secondary N) is 1. The van der Waals surface area contributed by atoms with Crippen molar-refractivity contribution in [2.75, 3.05) is 0 Å². The minimum absolute atomic E-state index is 0.0836. The molecular weight excluding hydrogens is 284 g/mol. The van der Waals surface area contributed by atoms with E-state index in [0.717, 1.165) is 5.56 Å². The zero-order valence-electron chi connectivity index (χ0n) is 11.0. The monoisotopic (exact) mass is 296 g/mol. The van der Waals surface area contributed by atoms with Crippen molar-refractivity contribution < 1.29 is 9.90 Å². The number of thioether (sulfide) groups is 1. The number of amidine groups is 1. The Hall–Kier alpha value is -2.53. The Kier molecular flexibility index (Phi) is 3.75. The van der Waals surface area contributed by atoms with Crippen molar-refractivity contribution in [3.8, 4) is 5.75 Å². The van der Waals surface area contributed by atoms with Crippen LogP contribution in [0.2, 0.25) is 0 Å². The minimum Gasteiger partial charge on any atom is -0.506 e. The van der Waals surface area contributed by atoms with Crippen LogP contribution in [0.3, 0.4) is 0 Å². The number of phenolic OH excluding ortho intramolecular Hbond substituents is 1. The van der Waals surface area contributed by atoms with E-state index in [4.69, 9.17) is 0 Å². The fourth-order valence-electron chi connectivity index (χ4n) is 1.85. The second kappa shape index (κ2) is 5.85. The Balaban J connectivity index is 1.85. The second-order valence-electron chi connectivity index (χ2n) is 4.38. The molecule has 21 heavy (non-hydrogen) atoms. The third-order valence-electron chi connectivity index (χ3n) is 2.85. The molecule has 0 aromatic heterocycles. The number of nitrogens with zero attached hydrogens (tertiary/aromatic N) is 1. The van der Waals surface area contributed by atoms with Crippen molar-refractivity contribution in [2.24, 2.45) is 4.99 Å². The van der Waals surface area contributed by atoms with Crippen LogP contribution in [0.5, 0.6) is 5.75 Å². The molecule has 1 fully saturated rings. The van der Waals surface area contributed by atoms with Gasteiger partial charge < -0.3 is 10.4 Å². The number of carbonyl (C=O) groups excluding carboxylic acids is 1. The standard InChI is InChI=1S/C16H12N2O2S/c19-13-9-5-4-8-12(13)17-16-18-15(20)14(21-16)10-11-6-2-1-3-7-11/h1-10,19H,(H,17,18,20)/b14-10-. The number of hydrogen-bond acceptors (Lipinski definition) is 4. The fraction of sp³-hybridized carbons (Fsp3) is 0. The van der Waals surface area contributed by atoms with Crippen LogP contribution in [-0.4, -0.2) is 16.2 Å². The summed E-state index contributed by atoms with van der Waals surface area (Å²) >= 11 is 1.26. The number of amides is 1. The summed E-state index contributed by atoms with van der Waals surface area (Å²) in [5.74, 6) is -0.0987. The lowest BCUT2D eigenvalue weighted by atomic mass is 10.2. The average Bonchev–Trinajstić information content (AvgIpc) is 2.82. The highest BCUT2D eigenvalue weighted by Gasteiger charge is 2.23. The molecule has 104 valence electrons. The van der Waals surface area contributed by atoms with E-state index in [9.17, 15) is 9.90 Å². The summed E-state index contributed by atoms with van der Waals surface area (Å²) in [6.45, 7) is 0. The quantitative estimate of drug-likeness (QED) is 0.836. The molecule has 1 heterocycles. The minimum atomic E-state index is -0.182. The Labute approximate surface area is 126 Å². The number of aromatic hydroxyl groups is 1. The number of para-hydroxylation sites is 2. The normalized spacial score (nSPS) is 18.2. The van der Waals surface area contributed by atoms with Gasteiger partial charge in [-0.1, -0.05) is 42.5 Å². The largest absolute Gasteiger partial charge is 0.506 e. The summed E-state index contributed by atoms with van der Waals surface area (Å²) < 4.78 is 0. The van der Waals surface area contributed by atoms with Gasteiger partial charge in [-0.3, -0.25) is 4.79 Å². The summed E-state index contributed by atoms with van der Waals surface area (Å²) in [4.78, 5) is 16.8. The van der Waals surface area contributed by atoms with E-state index < -0.39 is 0 Å². The second-order valence-corrected chi connectivity index (χ2v) is 5.41. The maximum Gasteiger partial charge on any atom is 0.264 e. The first-order chi connectivity index (χ1) is 10.2. The van der Waals surface area contributed by atoms with E-state index in [2.05, 4.69) is 10.3 Å². The van der Waals surface area contributed by atoms with Crippen molar-refractivity contribution in [1.29, 1.82) is 0 Å². The molecular formula is C16H12N2O2S. The molecule has 0 bridgehead atoms. The number of benzene rings is 2. The maximum atomic E-state index is 11.9. The SMILES string of the molecule is O=C1NC(=Nc2ccccc2O)S/C1=C\c1ccccc1. The molecule has 1 saturated heterocycles. The average molecular weight is 296 g/mol. The van der Waals surface area contributed by atoms with Gasteiger partial charge in [0.25, 0.3) is 5.91 Å². The highest BCUT2D eigenvalue weighted by molar-refractivity contribution is 8.18. The summed E-state index contributed by atoms with van der Waals surface area (Å²) in [7, 11) is 0. The van der Waals surface area contributed by atoms with Gasteiger partial charge in [-0.15, -0.1) is 0 Å². The Morgan fingerprint density at radius 1 is 1.05 bits per heavy atom. The molecule has 1 aliphatic heterocycles. The van der Waals surface area contributed by atoms with E-state index in [-0.39, 0.29) is 11.7 Å². The molecule has 0 aliphatic carbocycles. The van der Waals surface area contributed by atoms with Gasteiger partial charge >= 0.3 is 0 Å². The van der Waals surface area contributed by atoms with E-state index >= 15 is 0 Å². The van der Waals surface area contributed by atoms with Crippen molar-refractivity contribution in [2.45, 2.75) is 0 Å². The van der Waals surface area contributed by atoms with E-state index in [1.807, 2.05) is 36.4 Å². The van der Waals surface area contributed by atoms with E-state index in [1.165, 1.54) is 11.8 Å². The van der Waals surface area contributed by atoms with Gasteiger partial charge in [0.05, 0.1) is 4.91 Å². The molecule has 0 atom stereocenters. The summed E-state index contributed by atoms with van der Waals surface area (Å²) in [6, 6.07) is 16.4. The lowest BCUT2D eigenvalue weighted by molar-refractivity contribution is -0.115. The van der Waals surface area contributed by atoms with Gasteiger partial charge in [0.2, 0.25) is 0 Å². The molecule has 3 rings (SSSR count). The lowest BCUT2D eigenvalue weighted by Crippen LogP contribution is -2.19. The molecule has 2 aromatic rings. The zero-order valence-corrected chi connectivity index (χ0v) is 11.8. The van der Waals surface area contributed by atoms with Crippen LogP contribution in [0.1, 0.15) is 5.56 Å². The Morgan fingerprint density at radius 3 is 2.52 bits per heavy atom. The van der Waals surface area contributed by atoms with Gasteiger partial charge in [-0.2, -0.15) is 0 Å². The van der Waals surface area contributed by atoms with Crippen molar-refractivity contribution in [3.63, 3.8) is 0 Å². The van der Waals surface area contributed by atoms with Gasteiger partial charge in [0.15, 0.2) is 5.17 Å². The predicted molar refractivity (Wildman–Crippen MR) is 85.4 cm³/mol. The molecule has 1 aliphatic rings. The van der Waals surface area contributed by atoms with Gasteiger partial charge in [-0.05, 0) is 35.5 Å². The molecule has 0 saturated carbocycles. The van der Waals surface area contributed by atoms with Gasteiger partial charge in [0.1, 0.15) is 11.4 Å². The smallest absolute Gasteiger partial charge is 0.264 e. The lowest BCUT2D eigenvalue weighted by Gasteiger charge is -1.98. The first-order valence-corrected chi connectivity index (χ1v) is 7.17. The van der Waals surface area contributed by atoms with E-state index in [1.54, 1.807) is 24.3 Å². The highest BCUT2D eigenvalue weighted by Crippen LogP contribution is 2.31. The maximum absolute atomic E-state index is 11.9. The van der Waals surface area contributed by atoms with Crippen LogP contribution in [-0.2, 0) is 4.79 Å². The first kappa shape index (κ1) is 13.5. The Bertz CT molecular complexity index is 739. The number of phenols is 1. The molecule has 0 radical (unpaired) electrons. The number of carbonyl (C=O) groups is 1. The van der Waals surface area contributed by atoms with Crippen LogP contribution in [0, 0.1) is 0 Å². The first-order valence-electron chi connectivity index (χ1n) is 6.35. The van der Waals surface area contributed by atoms with Crippen LogP contribution in [0.25, 0.3) is 6.08 Å². The molecule has 1 amide bonds. The highest BCUT2D eigenvalue weighted by atomic mass is 32.2. The van der Waals surface area contributed by atoms with Crippen molar-refractivity contribution >= 4 is 34.6 Å². The van der Waals surface area contributed by atoms with Crippen LogP contribution in [0.15, 0.2) is 64.5 Å². The fourth-order valence-corrected chi connectivity index (χ4v) is 2.68. The summed E-state index contributed by atoms with van der Waals surface area (Å²) in [5, 5.41) is 12.9. The van der Waals surface area contributed by atoms with Crippen molar-refractivity contribution in [3.05, 3.63) is 65.1 Å². The topological polar surface area (TPSA) is 61.7 Å². The summed E-state index contributed by atoms with van der Waals surface area (Å²) in [5.41, 5.74) is 1.39. The third-order valence-corrected chi connectivity index (χ3v) is 3.76. The molecule has 5 heteroatoms. The van der Waals surface area contributed by atoms with E-state index in [0.29, 0.717) is 15.8 Å². The molecule has 0 spiro atoms. The predicted octanol–water partition coefficient (Wildman–Crippen LogP) is 3.28. The number of rotatable bonds is 2. The van der Waals surface area contributed by atoms with Gasteiger partial charge in [0, 0.05) is 0 Å². The molecule has 2 aromatic carbocycles. The third kappa shape index (κ3) is 3.14. The zero-order chi connectivity index (χ0) is 14.7. The van der Waals surface area contributed by atoms with Crippen LogP contribution >= 0.6 is 11.8 Å². The molecule has 4 nitrogen and oxygen atoms in total. The molecule has 0 unspecified atom stereocenters. The summed E-state index contributed by atoms with van der Waals surface area (Å²) in [6.07, 6.45) is 1.81. The molecule has 2 N–H and O–H groups in total. The van der Waals surface area contributed by atoms with Crippen molar-refractivity contribution in [1.82, 2.24) is 5.32 Å². The van der Waals surface area contributed by atoms with Crippen LogP contribution in [0.4, 0.5) is 5.69 Å². The Morgan fingerprint density at radius 2 is 1.76 bits per heavy atom. The van der Waals surface area contributed by atoms with Gasteiger partial charge in [-0.25, -0.2) is 4.99 Å².